The Kier molecular flexibility index (Phi) is 5.76. The topological polar surface area (TPSA) is 76.4 Å². The van der Waals surface area contributed by atoms with Crippen molar-refractivity contribution in [3.8, 4) is 5.88 Å². The van der Waals surface area contributed by atoms with Crippen molar-refractivity contribution in [2.24, 2.45) is 12.0 Å². The maximum absolute atomic E-state index is 5.24. The van der Waals surface area contributed by atoms with Gasteiger partial charge in [0.15, 0.2) is 5.96 Å². The molecular weight excluding hydrogens is 280 g/mol. The van der Waals surface area contributed by atoms with Crippen LogP contribution in [0.3, 0.4) is 0 Å². The summed E-state index contributed by atoms with van der Waals surface area (Å²) in [7, 11) is 3.53. The Bertz CT molecular complexity index is 622. The minimum Gasteiger partial charge on any atom is -0.481 e. The van der Waals surface area contributed by atoms with E-state index >= 15 is 0 Å². The summed E-state index contributed by atoms with van der Waals surface area (Å²) < 4.78 is 7.07. The molecular formula is C15H22N6O. The van der Waals surface area contributed by atoms with Crippen LogP contribution in [0.4, 0.5) is 0 Å². The second kappa shape index (κ2) is 8.02. The Morgan fingerprint density at radius 3 is 2.86 bits per heavy atom. The van der Waals surface area contributed by atoms with Gasteiger partial charge in [-0.1, -0.05) is 6.07 Å². The molecule has 0 amide bonds. The molecule has 2 aromatic rings. The number of pyridine rings is 1. The van der Waals surface area contributed by atoms with Crippen LogP contribution in [-0.4, -0.2) is 34.4 Å². The minimum absolute atomic E-state index is 0.498. The monoisotopic (exact) mass is 302 g/mol. The Labute approximate surface area is 130 Å². The van der Waals surface area contributed by atoms with E-state index in [2.05, 4.69) is 25.7 Å². The lowest BCUT2D eigenvalue weighted by atomic mass is 10.3. The van der Waals surface area contributed by atoms with Crippen molar-refractivity contribution in [3.63, 3.8) is 0 Å². The molecule has 0 fully saturated rings. The smallest absolute Gasteiger partial charge is 0.218 e. The molecule has 0 saturated heterocycles. The van der Waals surface area contributed by atoms with Crippen molar-refractivity contribution >= 4 is 5.96 Å². The van der Waals surface area contributed by atoms with Crippen molar-refractivity contribution in [2.75, 3.05) is 13.7 Å². The summed E-state index contributed by atoms with van der Waals surface area (Å²) in [5.74, 6) is 1.35. The number of guanidine groups is 1. The molecule has 2 N–H and O–H groups in total. The molecule has 2 aromatic heterocycles. The molecule has 2 rings (SSSR count). The van der Waals surface area contributed by atoms with Crippen LogP contribution in [0.1, 0.15) is 18.2 Å². The Morgan fingerprint density at radius 2 is 2.18 bits per heavy atom. The van der Waals surface area contributed by atoms with Gasteiger partial charge in [0.25, 0.3) is 0 Å². The fourth-order valence-electron chi connectivity index (χ4n) is 1.98. The maximum atomic E-state index is 5.24. The molecule has 22 heavy (non-hydrogen) atoms. The maximum Gasteiger partial charge on any atom is 0.218 e. The number of nitrogens with one attached hydrogen (secondary N) is 2. The zero-order valence-corrected chi connectivity index (χ0v) is 13.2. The van der Waals surface area contributed by atoms with Crippen molar-refractivity contribution in [1.29, 1.82) is 0 Å². The fourth-order valence-corrected chi connectivity index (χ4v) is 1.98. The van der Waals surface area contributed by atoms with E-state index in [1.54, 1.807) is 19.5 Å². The van der Waals surface area contributed by atoms with Crippen LogP contribution in [0.2, 0.25) is 0 Å². The first-order valence-electron chi connectivity index (χ1n) is 7.21. The first-order valence-corrected chi connectivity index (χ1v) is 7.21. The molecule has 7 heteroatoms. The molecule has 0 aliphatic carbocycles. The number of methoxy groups -OCH3 is 1. The predicted molar refractivity (Wildman–Crippen MR) is 85.7 cm³/mol. The number of aliphatic imine (C=N–C) groups is 1. The largest absolute Gasteiger partial charge is 0.481 e. The number of aryl methyl sites for hydroxylation is 1. The highest BCUT2D eigenvalue weighted by atomic mass is 16.5. The van der Waals surface area contributed by atoms with E-state index in [-0.39, 0.29) is 0 Å². The van der Waals surface area contributed by atoms with Crippen LogP contribution >= 0.6 is 0 Å². The van der Waals surface area contributed by atoms with Crippen LogP contribution in [0, 0.1) is 0 Å². The normalized spacial score (nSPS) is 11.3. The van der Waals surface area contributed by atoms with Crippen molar-refractivity contribution in [1.82, 2.24) is 25.4 Å². The van der Waals surface area contributed by atoms with Crippen LogP contribution in [0.15, 0.2) is 35.6 Å². The van der Waals surface area contributed by atoms with Crippen LogP contribution < -0.4 is 15.4 Å². The van der Waals surface area contributed by atoms with Crippen LogP contribution in [0.5, 0.6) is 5.88 Å². The van der Waals surface area contributed by atoms with E-state index in [9.17, 15) is 0 Å². The highest BCUT2D eigenvalue weighted by Gasteiger charge is 2.04. The highest BCUT2D eigenvalue weighted by Crippen LogP contribution is 2.14. The molecule has 0 unspecified atom stereocenters. The quantitative estimate of drug-likeness (QED) is 0.617. The lowest BCUT2D eigenvalue weighted by Gasteiger charge is -2.12. The number of hydrogen-bond acceptors (Lipinski definition) is 4. The molecule has 0 atom stereocenters. The van der Waals surface area contributed by atoms with Gasteiger partial charge >= 0.3 is 0 Å². The van der Waals surface area contributed by atoms with Gasteiger partial charge in [0.1, 0.15) is 0 Å². The highest BCUT2D eigenvalue weighted by molar-refractivity contribution is 5.79. The van der Waals surface area contributed by atoms with Gasteiger partial charge in [-0.3, -0.25) is 4.68 Å². The summed E-state index contributed by atoms with van der Waals surface area (Å²) in [5.41, 5.74) is 2.03. The number of hydrogen-bond donors (Lipinski definition) is 2. The zero-order valence-electron chi connectivity index (χ0n) is 13.2. The molecule has 0 radical (unpaired) electrons. The summed E-state index contributed by atoms with van der Waals surface area (Å²) >= 11 is 0. The summed E-state index contributed by atoms with van der Waals surface area (Å²) in [4.78, 5) is 8.74. The molecule has 0 aliphatic heterocycles. The Hall–Kier alpha value is -2.57. The molecule has 0 bridgehead atoms. The average Bonchev–Trinajstić information content (AvgIpc) is 2.95. The first-order chi connectivity index (χ1) is 10.7. The van der Waals surface area contributed by atoms with Gasteiger partial charge in [-0.25, -0.2) is 9.98 Å². The Balaban J connectivity index is 2.02. The molecule has 0 saturated carbocycles. The third kappa shape index (κ3) is 4.21. The summed E-state index contributed by atoms with van der Waals surface area (Å²) in [6, 6.07) is 5.81. The third-order valence-corrected chi connectivity index (χ3v) is 3.15. The van der Waals surface area contributed by atoms with E-state index in [0.717, 1.165) is 23.8 Å². The predicted octanol–water partition coefficient (Wildman–Crippen LogP) is 1.08. The minimum atomic E-state index is 0.498. The van der Waals surface area contributed by atoms with Crippen LogP contribution in [-0.2, 0) is 20.1 Å². The molecule has 0 spiro atoms. The summed E-state index contributed by atoms with van der Waals surface area (Å²) in [6.45, 7) is 3.98. The van der Waals surface area contributed by atoms with Gasteiger partial charge in [-0.2, -0.15) is 5.10 Å². The van der Waals surface area contributed by atoms with Crippen molar-refractivity contribution in [3.05, 3.63) is 41.9 Å². The Morgan fingerprint density at radius 1 is 1.32 bits per heavy atom. The summed E-state index contributed by atoms with van der Waals surface area (Å²) in [6.07, 6.45) is 3.49. The lowest BCUT2D eigenvalue weighted by molar-refractivity contribution is 0.392. The van der Waals surface area contributed by atoms with E-state index in [0.29, 0.717) is 19.0 Å². The van der Waals surface area contributed by atoms with E-state index in [1.807, 2.05) is 36.9 Å². The van der Waals surface area contributed by atoms with Gasteiger partial charge in [0, 0.05) is 31.5 Å². The van der Waals surface area contributed by atoms with Crippen molar-refractivity contribution < 1.29 is 4.74 Å². The number of rotatable bonds is 6. The van der Waals surface area contributed by atoms with Gasteiger partial charge in [0.2, 0.25) is 5.88 Å². The number of ether oxygens (including phenoxy) is 1. The standard InChI is InChI=1S/C15H22N6O/c1-4-16-15(19-11-13-7-9-20-21(13)2)18-10-12-6-5-8-17-14(12)22-3/h5-9H,4,10-11H2,1-3H3,(H2,16,18,19). The third-order valence-electron chi connectivity index (χ3n) is 3.15. The van der Waals surface area contributed by atoms with Gasteiger partial charge in [-0.15, -0.1) is 0 Å². The molecule has 0 aromatic carbocycles. The first kappa shape index (κ1) is 15.8. The molecule has 2 heterocycles. The average molecular weight is 302 g/mol. The van der Waals surface area contributed by atoms with Gasteiger partial charge < -0.3 is 15.4 Å². The van der Waals surface area contributed by atoms with Gasteiger partial charge in [-0.05, 0) is 19.1 Å². The summed E-state index contributed by atoms with van der Waals surface area (Å²) in [5, 5.41) is 10.7. The van der Waals surface area contributed by atoms with Crippen LogP contribution in [0.25, 0.3) is 0 Å². The van der Waals surface area contributed by atoms with E-state index in [4.69, 9.17) is 4.74 Å². The van der Waals surface area contributed by atoms with E-state index in [1.165, 1.54) is 0 Å². The molecule has 7 nitrogen and oxygen atoms in total. The van der Waals surface area contributed by atoms with E-state index < -0.39 is 0 Å². The van der Waals surface area contributed by atoms with Crippen molar-refractivity contribution in [2.45, 2.75) is 20.0 Å². The second-order valence-electron chi connectivity index (χ2n) is 4.67. The number of nitrogens with zero attached hydrogens (tertiary/aromatic N) is 4. The molecule has 118 valence electrons. The zero-order chi connectivity index (χ0) is 15.8. The fraction of sp³-hybridized carbons (Fsp3) is 0.400. The lowest BCUT2D eigenvalue weighted by Crippen LogP contribution is -2.37. The number of aromatic nitrogens is 3. The SMILES string of the molecule is CCNC(=NCc1cccnc1OC)NCc1ccnn1C. The second-order valence-corrected chi connectivity index (χ2v) is 4.67. The molecule has 0 aliphatic rings. The van der Waals surface area contributed by atoms with Gasteiger partial charge in [0.05, 0.1) is 25.9 Å².